The van der Waals surface area contributed by atoms with Gasteiger partial charge in [0.2, 0.25) is 0 Å². The van der Waals surface area contributed by atoms with Gasteiger partial charge in [0.15, 0.2) is 0 Å². The van der Waals surface area contributed by atoms with Crippen molar-refractivity contribution in [3.8, 4) is 0 Å². The molecule has 0 saturated heterocycles. The van der Waals surface area contributed by atoms with Gasteiger partial charge in [-0.2, -0.15) is 0 Å². The molecule has 2 aromatic rings. The fourth-order valence-electron chi connectivity index (χ4n) is 3.21. The number of benzene rings is 2. The summed E-state index contributed by atoms with van der Waals surface area (Å²) >= 11 is 0. The zero-order chi connectivity index (χ0) is 14.1. The van der Waals surface area contributed by atoms with Crippen molar-refractivity contribution in [1.29, 1.82) is 0 Å². The molecule has 0 fully saturated rings. The Labute approximate surface area is 122 Å². The Kier molecular flexibility index (Phi) is 3.62. The molecule has 20 heavy (non-hydrogen) atoms. The highest BCUT2D eigenvalue weighted by atomic mass is 15.0. The molecule has 1 heterocycles. The topological polar surface area (TPSA) is 12.0 Å². The Hall–Kier alpha value is -1.60. The molecule has 0 spiro atoms. The van der Waals surface area contributed by atoms with E-state index in [0.29, 0.717) is 12.1 Å². The summed E-state index contributed by atoms with van der Waals surface area (Å²) in [6.07, 6.45) is 2.32. The summed E-state index contributed by atoms with van der Waals surface area (Å²) in [6.45, 7) is 6.62. The Morgan fingerprint density at radius 2 is 1.85 bits per heavy atom. The number of hydrogen-bond acceptors (Lipinski definition) is 1. The van der Waals surface area contributed by atoms with E-state index in [-0.39, 0.29) is 0 Å². The third-order valence-electron chi connectivity index (χ3n) is 4.35. The van der Waals surface area contributed by atoms with E-state index in [4.69, 9.17) is 0 Å². The van der Waals surface area contributed by atoms with Gasteiger partial charge in [-0.05, 0) is 43.4 Å². The summed E-state index contributed by atoms with van der Waals surface area (Å²) in [4.78, 5) is 0. The summed E-state index contributed by atoms with van der Waals surface area (Å²) in [6, 6.07) is 16.7. The van der Waals surface area contributed by atoms with Gasteiger partial charge in [0.05, 0.1) is 6.04 Å². The first-order chi connectivity index (χ1) is 9.67. The molecular formula is C19H23N. The molecule has 0 radical (unpaired) electrons. The van der Waals surface area contributed by atoms with Gasteiger partial charge in [-0.3, -0.25) is 0 Å². The highest BCUT2D eigenvalue weighted by Gasteiger charge is 2.26. The second kappa shape index (κ2) is 5.41. The molecule has 2 aromatic carbocycles. The van der Waals surface area contributed by atoms with Crippen LogP contribution >= 0.6 is 0 Å². The zero-order valence-corrected chi connectivity index (χ0v) is 12.6. The SMILES string of the molecule is CCC1Cc2ccc(C)cc2C(c2cccc(C)c2)N1. The van der Waals surface area contributed by atoms with Crippen LogP contribution in [-0.2, 0) is 6.42 Å². The molecule has 1 aliphatic heterocycles. The van der Waals surface area contributed by atoms with Crippen LogP contribution in [0.1, 0.15) is 47.2 Å². The predicted octanol–water partition coefficient (Wildman–Crippen LogP) is 4.32. The maximum atomic E-state index is 3.83. The molecule has 1 heteroatoms. The third-order valence-corrected chi connectivity index (χ3v) is 4.35. The molecule has 0 aliphatic carbocycles. The maximum absolute atomic E-state index is 3.83. The normalized spacial score (nSPS) is 21.6. The fraction of sp³-hybridized carbons (Fsp3) is 0.368. The summed E-state index contributed by atoms with van der Waals surface area (Å²) in [5, 5.41) is 3.83. The largest absolute Gasteiger partial charge is 0.303 e. The highest BCUT2D eigenvalue weighted by Crippen LogP contribution is 2.32. The zero-order valence-electron chi connectivity index (χ0n) is 12.6. The Balaban J connectivity index is 2.08. The van der Waals surface area contributed by atoms with E-state index in [1.165, 1.54) is 34.2 Å². The number of aryl methyl sites for hydroxylation is 2. The lowest BCUT2D eigenvalue weighted by molar-refractivity contribution is 0.427. The Morgan fingerprint density at radius 1 is 1.05 bits per heavy atom. The molecular weight excluding hydrogens is 242 g/mol. The molecule has 0 amide bonds. The molecule has 3 rings (SSSR count). The number of fused-ring (bicyclic) bond motifs is 1. The average molecular weight is 265 g/mol. The van der Waals surface area contributed by atoms with Crippen LogP contribution in [0.25, 0.3) is 0 Å². The standard InChI is InChI=1S/C19H23N/c1-4-17-12-15-9-8-14(3)11-18(15)19(20-17)16-7-5-6-13(2)10-16/h5-11,17,19-20H,4,12H2,1-3H3. The molecule has 1 nitrogen and oxygen atoms in total. The van der Waals surface area contributed by atoms with Crippen LogP contribution in [0.4, 0.5) is 0 Å². The maximum Gasteiger partial charge on any atom is 0.0581 e. The van der Waals surface area contributed by atoms with Gasteiger partial charge in [-0.25, -0.2) is 0 Å². The Morgan fingerprint density at radius 3 is 2.60 bits per heavy atom. The minimum absolute atomic E-state index is 0.337. The third kappa shape index (κ3) is 2.51. The van der Waals surface area contributed by atoms with E-state index in [0.717, 1.165) is 6.42 Å². The summed E-state index contributed by atoms with van der Waals surface area (Å²) in [5.41, 5.74) is 7.03. The van der Waals surface area contributed by atoms with E-state index in [1.54, 1.807) is 0 Å². The molecule has 104 valence electrons. The lowest BCUT2D eigenvalue weighted by Gasteiger charge is -2.33. The Bertz CT molecular complexity index is 615. The minimum atomic E-state index is 0.337. The highest BCUT2D eigenvalue weighted by molar-refractivity contribution is 5.43. The van der Waals surface area contributed by atoms with Crippen LogP contribution in [0.2, 0.25) is 0 Å². The van der Waals surface area contributed by atoms with Crippen molar-refractivity contribution in [3.63, 3.8) is 0 Å². The van der Waals surface area contributed by atoms with E-state index >= 15 is 0 Å². The first-order valence-electron chi connectivity index (χ1n) is 7.59. The molecule has 0 aromatic heterocycles. The summed E-state index contributed by atoms with van der Waals surface area (Å²) in [7, 11) is 0. The monoisotopic (exact) mass is 265 g/mol. The number of nitrogens with one attached hydrogen (secondary N) is 1. The molecule has 0 bridgehead atoms. The van der Waals surface area contributed by atoms with Crippen molar-refractivity contribution in [2.75, 3.05) is 0 Å². The second-order valence-corrected chi connectivity index (χ2v) is 6.03. The van der Waals surface area contributed by atoms with Crippen molar-refractivity contribution < 1.29 is 0 Å². The molecule has 2 unspecified atom stereocenters. The van der Waals surface area contributed by atoms with E-state index in [2.05, 4.69) is 68.6 Å². The minimum Gasteiger partial charge on any atom is -0.303 e. The van der Waals surface area contributed by atoms with E-state index in [9.17, 15) is 0 Å². The van der Waals surface area contributed by atoms with Gasteiger partial charge < -0.3 is 5.32 Å². The molecule has 1 aliphatic rings. The summed E-state index contributed by atoms with van der Waals surface area (Å²) in [5.74, 6) is 0. The van der Waals surface area contributed by atoms with Gasteiger partial charge in [0.25, 0.3) is 0 Å². The van der Waals surface area contributed by atoms with E-state index < -0.39 is 0 Å². The van der Waals surface area contributed by atoms with Crippen molar-refractivity contribution >= 4 is 0 Å². The van der Waals surface area contributed by atoms with Gasteiger partial charge in [-0.15, -0.1) is 0 Å². The molecule has 2 atom stereocenters. The van der Waals surface area contributed by atoms with Crippen LogP contribution in [0.15, 0.2) is 42.5 Å². The van der Waals surface area contributed by atoms with Crippen LogP contribution in [-0.4, -0.2) is 6.04 Å². The smallest absolute Gasteiger partial charge is 0.0581 e. The second-order valence-electron chi connectivity index (χ2n) is 6.03. The van der Waals surface area contributed by atoms with Gasteiger partial charge >= 0.3 is 0 Å². The van der Waals surface area contributed by atoms with Gasteiger partial charge in [-0.1, -0.05) is 60.5 Å². The quantitative estimate of drug-likeness (QED) is 0.853. The van der Waals surface area contributed by atoms with Crippen molar-refractivity contribution in [1.82, 2.24) is 5.32 Å². The first-order valence-corrected chi connectivity index (χ1v) is 7.59. The molecule has 0 saturated carbocycles. The number of rotatable bonds is 2. The van der Waals surface area contributed by atoms with Crippen LogP contribution in [0, 0.1) is 13.8 Å². The molecule has 1 N–H and O–H groups in total. The van der Waals surface area contributed by atoms with Crippen LogP contribution in [0.5, 0.6) is 0 Å². The van der Waals surface area contributed by atoms with Gasteiger partial charge in [0.1, 0.15) is 0 Å². The van der Waals surface area contributed by atoms with Gasteiger partial charge in [0, 0.05) is 6.04 Å². The fourth-order valence-corrected chi connectivity index (χ4v) is 3.21. The van der Waals surface area contributed by atoms with Crippen LogP contribution < -0.4 is 5.32 Å². The first kappa shape index (κ1) is 13.4. The van der Waals surface area contributed by atoms with Crippen molar-refractivity contribution in [2.45, 2.75) is 45.7 Å². The van der Waals surface area contributed by atoms with E-state index in [1.807, 2.05) is 0 Å². The lowest BCUT2D eigenvalue weighted by atomic mass is 9.85. The number of hydrogen-bond donors (Lipinski definition) is 1. The predicted molar refractivity (Wildman–Crippen MR) is 85.1 cm³/mol. The average Bonchev–Trinajstić information content (AvgIpc) is 2.46. The van der Waals surface area contributed by atoms with Crippen molar-refractivity contribution in [2.24, 2.45) is 0 Å². The lowest BCUT2D eigenvalue weighted by Crippen LogP contribution is -2.39. The summed E-state index contributed by atoms with van der Waals surface area (Å²) < 4.78 is 0. The van der Waals surface area contributed by atoms with Crippen molar-refractivity contribution in [3.05, 3.63) is 70.3 Å². The van der Waals surface area contributed by atoms with Crippen LogP contribution in [0.3, 0.4) is 0 Å².